The second-order valence-electron chi connectivity index (χ2n) is 1.94. The maximum Gasteiger partial charge on any atom is 0.352 e. The average molecular weight is 172 g/mol. The predicted molar refractivity (Wildman–Crippen MR) is 33.4 cm³/mol. The van der Waals surface area contributed by atoms with Gasteiger partial charge >= 0.3 is 7.60 Å². The quantitative estimate of drug-likeness (QED) is 0.392. The van der Waals surface area contributed by atoms with Crippen molar-refractivity contribution >= 4 is 7.60 Å². The summed E-state index contributed by atoms with van der Waals surface area (Å²) in [5.74, 6) is 0. The number of hydrogen-bond acceptors (Lipinski definition) is 3. The Hall–Kier alpha value is 0.0400. The summed E-state index contributed by atoms with van der Waals surface area (Å²) < 4.78 is 25.9. The van der Waals surface area contributed by atoms with E-state index in [9.17, 15) is 8.96 Å². The Labute approximate surface area is 58.4 Å². The molecular formula is C4H10FO4P. The van der Waals surface area contributed by atoms with Gasteiger partial charge in [0.25, 0.3) is 0 Å². The maximum absolute atomic E-state index is 11.6. The Kier molecular flexibility index (Phi) is 4.05. The summed E-state index contributed by atoms with van der Waals surface area (Å²) in [6.45, 7) is 1.59. The molecule has 1 unspecified atom stereocenters. The van der Waals surface area contributed by atoms with Gasteiger partial charge in [-0.1, -0.05) is 0 Å². The molecule has 0 bridgehead atoms. The van der Waals surface area contributed by atoms with E-state index in [-0.39, 0.29) is 0 Å². The molecule has 0 rings (SSSR count). The van der Waals surface area contributed by atoms with Crippen LogP contribution in [0.3, 0.4) is 0 Å². The van der Waals surface area contributed by atoms with Crippen LogP contribution in [-0.2, 0) is 14.1 Å². The van der Waals surface area contributed by atoms with Crippen LogP contribution in [0, 0.1) is 0 Å². The lowest BCUT2D eigenvalue weighted by atomic mass is 10.5. The average Bonchev–Trinajstić information content (AvgIpc) is 1.81. The zero-order chi connectivity index (χ0) is 8.20. The fourth-order valence-corrected chi connectivity index (χ4v) is 0.486. The van der Waals surface area contributed by atoms with E-state index in [1.165, 1.54) is 6.92 Å². The summed E-state index contributed by atoms with van der Waals surface area (Å²) in [6.07, 6.45) is -0.805. The second kappa shape index (κ2) is 4.03. The Morgan fingerprint density at radius 2 is 2.30 bits per heavy atom. The van der Waals surface area contributed by atoms with Crippen LogP contribution in [0.25, 0.3) is 0 Å². The molecule has 0 fully saturated rings. The largest absolute Gasteiger partial charge is 0.352 e. The van der Waals surface area contributed by atoms with Crippen LogP contribution >= 0.6 is 7.60 Å². The monoisotopic (exact) mass is 172 g/mol. The summed E-state index contributed by atoms with van der Waals surface area (Å²) >= 11 is 0. The molecule has 0 spiro atoms. The maximum atomic E-state index is 11.6. The zero-order valence-electron chi connectivity index (χ0n) is 5.78. The second-order valence-corrected chi connectivity index (χ2v) is 3.69. The van der Waals surface area contributed by atoms with Gasteiger partial charge in [-0.15, -0.1) is 4.67 Å². The van der Waals surface area contributed by atoms with Gasteiger partial charge in [0.2, 0.25) is 0 Å². The van der Waals surface area contributed by atoms with E-state index in [2.05, 4.69) is 9.56 Å². The van der Waals surface area contributed by atoms with Gasteiger partial charge in [0.05, 0.1) is 0 Å². The van der Waals surface area contributed by atoms with Crippen molar-refractivity contribution in [1.29, 1.82) is 0 Å². The van der Waals surface area contributed by atoms with Crippen molar-refractivity contribution < 1.29 is 23.4 Å². The number of halogens is 1. The minimum absolute atomic E-state index is 0.750. The van der Waals surface area contributed by atoms with E-state index in [0.29, 0.717) is 0 Å². The lowest BCUT2D eigenvalue weighted by Crippen LogP contribution is -2.09. The Morgan fingerprint density at radius 1 is 1.80 bits per heavy atom. The number of alkyl halides is 1. The van der Waals surface area contributed by atoms with Crippen LogP contribution in [0.15, 0.2) is 0 Å². The highest BCUT2D eigenvalue weighted by atomic mass is 31.2. The molecule has 0 aromatic heterocycles. The standard InChI is InChI=1S/C4H10FO4P/c1-4(3-5)8-9-10(2,6)7/h4H,3H2,1-2H3,(H,6,7)/t4-/m0/s1. The predicted octanol–water partition coefficient (Wildman–Crippen LogP) is 1.11. The van der Waals surface area contributed by atoms with E-state index < -0.39 is 20.4 Å². The fourth-order valence-electron chi connectivity index (χ4n) is 0.179. The van der Waals surface area contributed by atoms with Crippen molar-refractivity contribution in [3.05, 3.63) is 0 Å². The van der Waals surface area contributed by atoms with Crippen molar-refractivity contribution in [1.82, 2.24) is 0 Å². The van der Waals surface area contributed by atoms with Crippen molar-refractivity contribution in [2.24, 2.45) is 0 Å². The molecule has 6 heteroatoms. The van der Waals surface area contributed by atoms with Gasteiger partial charge in [0.1, 0.15) is 12.8 Å². The Bertz CT molecular complexity index is 133. The molecule has 0 aliphatic rings. The first kappa shape index (κ1) is 10.0. The van der Waals surface area contributed by atoms with Crippen LogP contribution in [0.1, 0.15) is 6.92 Å². The zero-order valence-corrected chi connectivity index (χ0v) is 6.68. The first-order chi connectivity index (χ1) is 4.45. The minimum Gasteiger partial charge on any atom is -0.323 e. The lowest BCUT2D eigenvalue weighted by molar-refractivity contribution is -0.247. The molecule has 0 amide bonds. The van der Waals surface area contributed by atoms with E-state index in [4.69, 9.17) is 4.89 Å². The number of hydrogen-bond donors (Lipinski definition) is 1. The summed E-state index contributed by atoms with van der Waals surface area (Å²) in [4.78, 5) is 12.6. The molecular weight excluding hydrogens is 162 g/mol. The van der Waals surface area contributed by atoms with E-state index in [0.717, 1.165) is 6.66 Å². The summed E-state index contributed by atoms with van der Waals surface area (Å²) in [7, 11) is -3.62. The Balaban J connectivity index is 3.46. The molecule has 10 heavy (non-hydrogen) atoms. The third kappa shape index (κ3) is 6.16. The summed E-state index contributed by atoms with van der Waals surface area (Å²) in [5.41, 5.74) is 0. The van der Waals surface area contributed by atoms with Crippen molar-refractivity contribution in [2.45, 2.75) is 13.0 Å². The first-order valence-corrected chi connectivity index (χ1v) is 4.69. The Morgan fingerprint density at radius 3 is 2.60 bits per heavy atom. The molecule has 0 aliphatic heterocycles. The van der Waals surface area contributed by atoms with Crippen molar-refractivity contribution in [3.8, 4) is 0 Å². The van der Waals surface area contributed by atoms with Gasteiger partial charge in [-0.05, 0) is 6.92 Å². The third-order valence-corrected chi connectivity index (χ3v) is 0.926. The molecule has 0 heterocycles. The molecule has 4 nitrogen and oxygen atoms in total. The van der Waals surface area contributed by atoms with Crippen LogP contribution in [0.5, 0.6) is 0 Å². The molecule has 0 aromatic rings. The highest BCUT2D eigenvalue weighted by Gasteiger charge is 2.13. The first-order valence-electron chi connectivity index (χ1n) is 2.67. The molecule has 0 saturated carbocycles. The van der Waals surface area contributed by atoms with E-state index in [1.807, 2.05) is 0 Å². The molecule has 0 aliphatic carbocycles. The molecule has 0 saturated heterocycles. The van der Waals surface area contributed by atoms with Gasteiger partial charge < -0.3 is 4.89 Å². The van der Waals surface area contributed by atoms with Crippen LogP contribution in [0.2, 0.25) is 0 Å². The van der Waals surface area contributed by atoms with Gasteiger partial charge in [0.15, 0.2) is 0 Å². The summed E-state index contributed by atoms with van der Waals surface area (Å²) in [6, 6.07) is 0. The van der Waals surface area contributed by atoms with Gasteiger partial charge in [-0.2, -0.15) is 0 Å². The van der Waals surface area contributed by atoms with Gasteiger partial charge in [-0.3, -0.25) is 4.57 Å². The van der Waals surface area contributed by atoms with Gasteiger partial charge in [-0.25, -0.2) is 9.28 Å². The SMILES string of the molecule is C[C@@H](CF)OOP(C)(=O)O. The normalized spacial score (nSPS) is 20.0. The molecule has 62 valence electrons. The highest BCUT2D eigenvalue weighted by Crippen LogP contribution is 2.36. The van der Waals surface area contributed by atoms with Crippen molar-refractivity contribution in [3.63, 3.8) is 0 Å². The topological polar surface area (TPSA) is 55.8 Å². The lowest BCUT2D eigenvalue weighted by Gasteiger charge is -2.08. The summed E-state index contributed by atoms with van der Waals surface area (Å²) in [5, 5.41) is 0. The fraction of sp³-hybridized carbons (Fsp3) is 1.00. The highest BCUT2D eigenvalue weighted by molar-refractivity contribution is 7.51. The number of rotatable bonds is 4. The molecule has 1 N–H and O–H groups in total. The van der Waals surface area contributed by atoms with Crippen LogP contribution in [0.4, 0.5) is 4.39 Å². The molecule has 0 aromatic carbocycles. The molecule has 2 atom stereocenters. The van der Waals surface area contributed by atoms with E-state index in [1.54, 1.807) is 0 Å². The van der Waals surface area contributed by atoms with Crippen molar-refractivity contribution in [2.75, 3.05) is 13.3 Å². The van der Waals surface area contributed by atoms with E-state index >= 15 is 0 Å². The van der Waals surface area contributed by atoms with Crippen LogP contribution in [-0.4, -0.2) is 24.3 Å². The van der Waals surface area contributed by atoms with Gasteiger partial charge in [0, 0.05) is 6.66 Å². The smallest absolute Gasteiger partial charge is 0.323 e. The van der Waals surface area contributed by atoms with Crippen LogP contribution < -0.4 is 0 Å². The minimum atomic E-state index is -3.62. The molecule has 0 radical (unpaired) electrons. The third-order valence-electron chi connectivity index (χ3n) is 0.563.